The topological polar surface area (TPSA) is 77.6 Å². The molecule has 1 aliphatic carbocycles. The third-order valence-electron chi connectivity index (χ3n) is 3.90. The summed E-state index contributed by atoms with van der Waals surface area (Å²) in [6.45, 7) is 1.99. The first kappa shape index (κ1) is 12.2. The SMILES string of the molecule is Cc1ccnc([C@H]2C[C@@H]2c2ccc3ncc(N)cc3n2)n1. The number of nitrogens with two attached hydrogens (primary N) is 1. The highest BCUT2D eigenvalue weighted by molar-refractivity contribution is 5.77. The number of anilines is 1. The first-order valence-corrected chi connectivity index (χ1v) is 7.02. The number of nitrogens with zero attached hydrogens (tertiary/aromatic N) is 4. The van der Waals surface area contributed by atoms with Gasteiger partial charge in [-0.3, -0.25) is 9.97 Å². The first-order valence-electron chi connectivity index (χ1n) is 7.02. The summed E-state index contributed by atoms with van der Waals surface area (Å²) >= 11 is 0. The molecule has 0 amide bonds. The van der Waals surface area contributed by atoms with Gasteiger partial charge in [-0.15, -0.1) is 0 Å². The van der Waals surface area contributed by atoms with Crippen LogP contribution in [0, 0.1) is 6.92 Å². The van der Waals surface area contributed by atoms with Gasteiger partial charge in [0.1, 0.15) is 5.82 Å². The molecule has 0 saturated heterocycles. The van der Waals surface area contributed by atoms with E-state index in [1.165, 1.54) is 0 Å². The van der Waals surface area contributed by atoms with E-state index in [0.717, 1.165) is 34.7 Å². The molecule has 0 radical (unpaired) electrons. The Morgan fingerprint density at radius 3 is 2.81 bits per heavy atom. The molecule has 0 aromatic carbocycles. The summed E-state index contributed by atoms with van der Waals surface area (Å²) in [5, 5.41) is 0. The Kier molecular flexibility index (Phi) is 2.60. The zero-order valence-electron chi connectivity index (χ0n) is 11.7. The molecule has 5 nitrogen and oxygen atoms in total. The molecule has 4 rings (SSSR count). The molecule has 104 valence electrons. The van der Waals surface area contributed by atoms with Crippen LogP contribution in [0.5, 0.6) is 0 Å². The van der Waals surface area contributed by atoms with E-state index in [9.17, 15) is 0 Å². The van der Waals surface area contributed by atoms with Gasteiger partial charge < -0.3 is 5.73 Å². The Bertz CT molecular complexity index is 830. The fourth-order valence-corrected chi connectivity index (χ4v) is 2.70. The molecule has 21 heavy (non-hydrogen) atoms. The minimum absolute atomic E-state index is 0.379. The van der Waals surface area contributed by atoms with Gasteiger partial charge in [-0.1, -0.05) is 0 Å². The van der Waals surface area contributed by atoms with Crippen LogP contribution in [0.25, 0.3) is 11.0 Å². The van der Waals surface area contributed by atoms with Gasteiger partial charge in [0.25, 0.3) is 0 Å². The van der Waals surface area contributed by atoms with E-state index in [1.54, 1.807) is 6.20 Å². The van der Waals surface area contributed by atoms with Crippen molar-refractivity contribution in [2.75, 3.05) is 5.73 Å². The number of aromatic nitrogens is 4. The van der Waals surface area contributed by atoms with Crippen molar-refractivity contribution in [3.8, 4) is 0 Å². The number of hydrogen-bond acceptors (Lipinski definition) is 5. The van der Waals surface area contributed by atoms with Crippen LogP contribution in [0.1, 0.15) is 35.5 Å². The molecule has 2 atom stereocenters. The maximum Gasteiger partial charge on any atom is 0.132 e. The Hall–Kier alpha value is -2.56. The molecule has 2 N–H and O–H groups in total. The molecule has 1 aliphatic rings. The normalized spacial score (nSPS) is 20.6. The Morgan fingerprint density at radius 2 is 1.95 bits per heavy atom. The van der Waals surface area contributed by atoms with Crippen molar-refractivity contribution in [3.05, 3.63) is 53.9 Å². The number of aryl methyl sites for hydroxylation is 1. The Balaban J connectivity index is 1.66. The van der Waals surface area contributed by atoms with Gasteiger partial charge in [0.05, 0.1) is 22.9 Å². The fraction of sp³-hybridized carbons (Fsp3) is 0.250. The van der Waals surface area contributed by atoms with E-state index in [0.29, 0.717) is 17.5 Å². The quantitative estimate of drug-likeness (QED) is 0.779. The summed E-state index contributed by atoms with van der Waals surface area (Å²) in [6.07, 6.45) is 4.54. The summed E-state index contributed by atoms with van der Waals surface area (Å²) in [5.74, 6) is 1.70. The molecule has 3 heterocycles. The Labute approximate surface area is 122 Å². The van der Waals surface area contributed by atoms with Crippen LogP contribution in [-0.4, -0.2) is 19.9 Å². The van der Waals surface area contributed by atoms with E-state index in [2.05, 4.69) is 15.0 Å². The summed E-state index contributed by atoms with van der Waals surface area (Å²) in [7, 11) is 0. The van der Waals surface area contributed by atoms with E-state index in [-0.39, 0.29) is 0 Å². The van der Waals surface area contributed by atoms with Crippen molar-refractivity contribution in [2.45, 2.75) is 25.2 Å². The number of rotatable bonds is 2. The van der Waals surface area contributed by atoms with Crippen molar-refractivity contribution in [1.29, 1.82) is 0 Å². The third kappa shape index (κ3) is 2.20. The molecule has 0 aliphatic heterocycles. The van der Waals surface area contributed by atoms with Crippen LogP contribution in [0.3, 0.4) is 0 Å². The highest BCUT2D eigenvalue weighted by Gasteiger charge is 2.42. The second-order valence-electron chi connectivity index (χ2n) is 5.55. The lowest BCUT2D eigenvalue weighted by atomic mass is 10.2. The lowest BCUT2D eigenvalue weighted by Gasteiger charge is -2.03. The largest absolute Gasteiger partial charge is 0.397 e. The molecule has 0 spiro atoms. The predicted molar refractivity (Wildman–Crippen MR) is 80.8 cm³/mol. The average molecular weight is 277 g/mol. The van der Waals surface area contributed by atoms with E-state index >= 15 is 0 Å². The van der Waals surface area contributed by atoms with E-state index in [1.807, 2.05) is 37.4 Å². The maximum absolute atomic E-state index is 5.78. The highest BCUT2D eigenvalue weighted by atomic mass is 14.9. The van der Waals surface area contributed by atoms with E-state index < -0.39 is 0 Å². The van der Waals surface area contributed by atoms with Crippen LogP contribution in [0.15, 0.2) is 36.7 Å². The lowest BCUT2D eigenvalue weighted by Crippen LogP contribution is -1.96. The van der Waals surface area contributed by atoms with Crippen molar-refractivity contribution in [3.63, 3.8) is 0 Å². The van der Waals surface area contributed by atoms with Crippen molar-refractivity contribution in [1.82, 2.24) is 19.9 Å². The van der Waals surface area contributed by atoms with Gasteiger partial charge in [0.2, 0.25) is 0 Å². The number of hydrogen-bond donors (Lipinski definition) is 1. The summed E-state index contributed by atoms with van der Waals surface area (Å²) in [4.78, 5) is 17.9. The zero-order valence-corrected chi connectivity index (χ0v) is 11.7. The van der Waals surface area contributed by atoms with Crippen LogP contribution >= 0.6 is 0 Å². The Morgan fingerprint density at radius 1 is 1.05 bits per heavy atom. The van der Waals surface area contributed by atoms with E-state index in [4.69, 9.17) is 10.7 Å². The predicted octanol–water partition coefficient (Wildman–Crippen LogP) is 2.58. The second-order valence-corrected chi connectivity index (χ2v) is 5.55. The second kappa shape index (κ2) is 4.48. The molecule has 3 aromatic rings. The monoisotopic (exact) mass is 277 g/mol. The molecule has 0 bridgehead atoms. The number of nitrogen functional groups attached to an aromatic ring is 1. The molecular formula is C16H15N5. The molecule has 0 unspecified atom stereocenters. The third-order valence-corrected chi connectivity index (χ3v) is 3.90. The van der Waals surface area contributed by atoms with Gasteiger partial charge in [0.15, 0.2) is 0 Å². The lowest BCUT2D eigenvalue weighted by molar-refractivity contribution is 0.867. The minimum atomic E-state index is 0.379. The van der Waals surface area contributed by atoms with Gasteiger partial charge in [-0.05, 0) is 37.6 Å². The molecule has 3 aromatic heterocycles. The molecule has 5 heteroatoms. The average Bonchev–Trinajstić information content (AvgIpc) is 3.27. The highest BCUT2D eigenvalue weighted by Crippen LogP contribution is 2.53. The van der Waals surface area contributed by atoms with Crippen LogP contribution in [-0.2, 0) is 0 Å². The van der Waals surface area contributed by atoms with Crippen LogP contribution < -0.4 is 5.73 Å². The summed E-state index contributed by atoms with van der Waals surface area (Å²) in [5.41, 5.74) is 10.2. The standard InChI is InChI=1S/C16H15N5/c1-9-4-5-18-16(20-9)12-7-11(12)13-2-3-14-15(21-13)6-10(17)8-19-14/h2-6,8,11-12H,7,17H2,1H3/t11-,12-/m0/s1. The molecule has 1 fully saturated rings. The maximum atomic E-state index is 5.78. The zero-order chi connectivity index (χ0) is 14.4. The van der Waals surface area contributed by atoms with Crippen molar-refractivity contribution in [2.24, 2.45) is 0 Å². The smallest absolute Gasteiger partial charge is 0.132 e. The van der Waals surface area contributed by atoms with Gasteiger partial charge in [0, 0.05) is 29.4 Å². The van der Waals surface area contributed by atoms with Crippen molar-refractivity contribution < 1.29 is 0 Å². The summed E-state index contributed by atoms with van der Waals surface area (Å²) < 4.78 is 0. The van der Waals surface area contributed by atoms with Crippen LogP contribution in [0.2, 0.25) is 0 Å². The van der Waals surface area contributed by atoms with Gasteiger partial charge >= 0.3 is 0 Å². The van der Waals surface area contributed by atoms with Gasteiger partial charge in [-0.2, -0.15) is 0 Å². The van der Waals surface area contributed by atoms with Crippen molar-refractivity contribution >= 4 is 16.7 Å². The van der Waals surface area contributed by atoms with Gasteiger partial charge in [-0.25, -0.2) is 9.97 Å². The molecular weight excluding hydrogens is 262 g/mol. The van der Waals surface area contributed by atoms with Crippen LogP contribution in [0.4, 0.5) is 5.69 Å². The number of fused-ring (bicyclic) bond motifs is 1. The summed E-state index contributed by atoms with van der Waals surface area (Å²) in [6, 6.07) is 7.84. The fourth-order valence-electron chi connectivity index (χ4n) is 2.70. The number of pyridine rings is 2. The first-order chi connectivity index (χ1) is 10.2. The minimum Gasteiger partial charge on any atom is -0.397 e. The molecule has 1 saturated carbocycles.